The van der Waals surface area contributed by atoms with Crippen LogP contribution in [0.25, 0.3) is 0 Å². The van der Waals surface area contributed by atoms with Crippen molar-refractivity contribution in [3.05, 3.63) is 46.4 Å². The number of anilines is 2. The number of aromatic nitrogens is 1. The average Bonchev–Trinajstić information content (AvgIpc) is 2.81. The lowest BCUT2D eigenvalue weighted by molar-refractivity contribution is -0.384. The summed E-state index contributed by atoms with van der Waals surface area (Å²) in [5, 5.41) is 13.8. The van der Waals surface area contributed by atoms with E-state index in [1.165, 1.54) is 18.4 Å². The molecule has 0 fully saturated rings. The number of hydrogen-bond acceptors (Lipinski definition) is 6. The summed E-state index contributed by atoms with van der Waals surface area (Å²) in [4.78, 5) is 14.3. The Labute approximate surface area is 103 Å². The number of pyridine rings is 1. The fourth-order valence-corrected chi connectivity index (χ4v) is 1.53. The molecule has 0 aliphatic carbocycles. The summed E-state index contributed by atoms with van der Waals surface area (Å²) in [5.41, 5.74) is 5.40. The summed E-state index contributed by atoms with van der Waals surface area (Å²) in [6.45, 7) is 1.81. The molecule has 7 nitrogen and oxygen atoms in total. The standard InChI is InChI=1S/C11H12N4O3/c1-7(9-3-2-6-18-9)13-11-8(15(16)17)4-5-10(12)14-11/h2-7H,1H3,(H3,12,13,14). The molecule has 0 bridgehead atoms. The van der Waals surface area contributed by atoms with Crippen molar-refractivity contribution < 1.29 is 9.34 Å². The first-order chi connectivity index (χ1) is 8.58. The highest BCUT2D eigenvalue weighted by Crippen LogP contribution is 2.27. The molecule has 0 spiro atoms. The number of nitrogen functional groups attached to an aromatic ring is 1. The number of hydrogen-bond donors (Lipinski definition) is 2. The van der Waals surface area contributed by atoms with Crippen molar-refractivity contribution in [3.8, 4) is 0 Å². The highest BCUT2D eigenvalue weighted by molar-refractivity contribution is 5.59. The van der Waals surface area contributed by atoms with Gasteiger partial charge in [0.25, 0.3) is 0 Å². The zero-order valence-electron chi connectivity index (χ0n) is 9.66. The van der Waals surface area contributed by atoms with E-state index >= 15 is 0 Å². The van der Waals surface area contributed by atoms with Crippen LogP contribution < -0.4 is 11.1 Å². The summed E-state index contributed by atoms with van der Waals surface area (Å²) in [7, 11) is 0. The SMILES string of the molecule is CC(Nc1nc(N)ccc1[N+](=O)[O-])c1ccco1. The Bertz CT molecular complexity index is 553. The molecule has 0 amide bonds. The number of furan rings is 1. The van der Waals surface area contributed by atoms with Crippen LogP contribution in [0.15, 0.2) is 34.9 Å². The summed E-state index contributed by atoms with van der Waals surface area (Å²) < 4.78 is 5.21. The van der Waals surface area contributed by atoms with Crippen LogP contribution in [0.1, 0.15) is 18.7 Å². The van der Waals surface area contributed by atoms with E-state index in [0.29, 0.717) is 5.76 Å². The summed E-state index contributed by atoms with van der Waals surface area (Å²) in [6, 6.07) is 5.98. The number of nitrogens with one attached hydrogen (secondary N) is 1. The normalized spacial score (nSPS) is 12.1. The smallest absolute Gasteiger partial charge is 0.311 e. The molecule has 7 heteroatoms. The van der Waals surface area contributed by atoms with Crippen molar-refractivity contribution in [3.63, 3.8) is 0 Å². The molecule has 18 heavy (non-hydrogen) atoms. The van der Waals surface area contributed by atoms with Crippen molar-refractivity contribution in [2.24, 2.45) is 0 Å². The van der Waals surface area contributed by atoms with Crippen molar-refractivity contribution in [2.75, 3.05) is 11.1 Å². The van der Waals surface area contributed by atoms with E-state index in [0.717, 1.165) is 0 Å². The molecular weight excluding hydrogens is 236 g/mol. The molecule has 1 unspecified atom stereocenters. The van der Waals surface area contributed by atoms with Crippen LogP contribution in [0.5, 0.6) is 0 Å². The summed E-state index contributed by atoms with van der Waals surface area (Å²) in [6.07, 6.45) is 1.54. The van der Waals surface area contributed by atoms with Crippen LogP contribution in [0.2, 0.25) is 0 Å². The molecule has 2 heterocycles. The molecule has 2 aromatic heterocycles. The van der Waals surface area contributed by atoms with Gasteiger partial charge in [-0.25, -0.2) is 4.98 Å². The van der Waals surface area contributed by atoms with Crippen molar-refractivity contribution in [1.29, 1.82) is 0 Å². The topological polar surface area (TPSA) is 107 Å². The minimum absolute atomic E-state index is 0.123. The summed E-state index contributed by atoms with van der Waals surface area (Å²) >= 11 is 0. The van der Waals surface area contributed by atoms with E-state index in [2.05, 4.69) is 10.3 Å². The first-order valence-corrected chi connectivity index (χ1v) is 5.29. The van der Waals surface area contributed by atoms with E-state index in [9.17, 15) is 10.1 Å². The molecule has 94 valence electrons. The molecule has 0 radical (unpaired) electrons. The van der Waals surface area contributed by atoms with Gasteiger partial charge in [-0.2, -0.15) is 0 Å². The monoisotopic (exact) mass is 248 g/mol. The zero-order chi connectivity index (χ0) is 13.1. The predicted molar refractivity (Wildman–Crippen MR) is 66.0 cm³/mol. The lowest BCUT2D eigenvalue weighted by Gasteiger charge is -2.12. The van der Waals surface area contributed by atoms with E-state index in [4.69, 9.17) is 10.2 Å². The third-order valence-corrected chi connectivity index (χ3v) is 2.42. The molecule has 0 aliphatic rings. The van der Waals surface area contributed by atoms with Crippen LogP contribution in [0, 0.1) is 10.1 Å². The molecule has 0 aromatic carbocycles. The molecule has 3 N–H and O–H groups in total. The van der Waals surface area contributed by atoms with Gasteiger partial charge in [0.2, 0.25) is 5.82 Å². The van der Waals surface area contributed by atoms with Gasteiger partial charge in [0, 0.05) is 6.07 Å². The van der Waals surface area contributed by atoms with Gasteiger partial charge in [-0.05, 0) is 25.1 Å². The van der Waals surface area contributed by atoms with E-state index in [1.807, 2.05) is 6.92 Å². The highest BCUT2D eigenvalue weighted by atomic mass is 16.6. The molecule has 2 rings (SSSR count). The van der Waals surface area contributed by atoms with Gasteiger partial charge in [0.1, 0.15) is 11.6 Å². The van der Waals surface area contributed by atoms with E-state index < -0.39 is 4.92 Å². The number of rotatable bonds is 4. The van der Waals surface area contributed by atoms with Crippen LogP contribution in [-0.2, 0) is 0 Å². The number of nitrogens with zero attached hydrogens (tertiary/aromatic N) is 2. The molecule has 0 aliphatic heterocycles. The Kier molecular flexibility index (Phi) is 3.13. The third-order valence-electron chi connectivity index (χ3n) is 2.42. The molecule has 2 aromatic rings. The lowest BCUT2D eigenvalue weighted by Crippen LogP contribution is -2.10. The summed E-state index contributed by atoms with van der Waals surface area (Å²) in [5.74, 6) is 1.01. The maximum absolute atomic E-state index is 10.9. The Balaban J connectivity index is 2.28. The Morgan fingerprint density at radius 3 is 2.89 bits per heavy atom. The van der Waals surface area contributed by atoms with Gasteiger partial charge in [-0.3, -0.25) is 10.1 Å². The molecule has 0 saturated carbocycles. The zero-order valence-corrected chi connectivity index (χ0v) is 9.66. The third kappa shape index (κ3) is 2.40. The van der Waals surface area contributed by atoms with Crippen LogP contribution in [-0.4, -0.2) is 9.91 Å². The van der Waals surface area contributed by atoms with Crippen molar-refractivity contribution in [2.45, 2.75) is 13.0 Å². The lowest BCUT2D eigenvalue weighted by atomic mass is 10.2. The van der Waals surface area contributed by atoms with Crippen molar-refractivity contribution >= 4 is 17.3 Å². The van der Waals surface area contributed by atoms with E-state index in [1.54, 1.807) is 12.1 Å². The Hall–Kier alpha value is -2.57. The highest BCUT2D eigenvalue weighted by Gasteiger charge is 2.18. The van der Waals surface area contributed by atoms with Gasteiger partial charge in [-0.15, -0.1) is 0 Å². The van der Waals surface area contributed by atoms with E-state index in [-0.39, 0.29) is 23.4 Å². The first kappa shape index (κ1) is 11.9. The Morgan fingerprint density at radius 2 is 2.28 bits per heavy atom. The maximum atomic E-state index is 10.9. The van der Waals surface area contributed by atoms with Gasteiger partial charge in [0.15, 0.2) is 0 Å². The fraction of sp³-hybridized carbons (Fsp3) is 0.182. The largest absolute Gasteiger partial charge is 0.467 e. The van der Waals surface area contributed by atoms with Gasteiger partial charge in [0.05, 0.1) is 17.2 Å². The van der Waals surface area contributed by atoms with Gasteiger partial charge >= 0.3 is 5.69 Å². The first-order valence-electron chi connectivity index (χ1n) is 5.29. The minimum Gasteiger partial charge on any atom is -0.467 e. The minimum atomic E-state index is -0.510. The predicted octanol–water partition coefficient (Wildman–Crippen LogP) is 2.34. The second-order valence-electron chi connectivity index (χ2n) is 3.74. The average molecular weight is 248 g/mol. The second-order valence-corrected chi connectivity index (χ2v) is 3.74. The van der Waals surface area contributed by atoms with Gasteiger partial charge < -0.3 is 15.5 Å². The van der Waals surface area contributed by atoms with Crippen molar-refractivity contribution in [1.82, 2.24) is 4.98 Å². The fourth-order valence-electron chi connectivity index (χ4n) is 1.53. The van der Waals surface area contributed by atoms with Crippen LogP contribution in [0.4, 0.5) is 17.3 Å². The quantitative estimate of drug-likeness (QED) is 0.635. The number of nitro groups is 1. The Morgan fingerprint density at radius 1 is 1.50 bits per heavy atom. The molecular formula is C11H12N4O3. The van der Waals surface area contributed by atoms with Crippen LogP contribution in [0.3, 0.4) is 0 Å². The molecule has 0 saturated heterocycles. The maximum Gasteiger partial charge on any atom is 0.311 e. The molecule has 1 atom stereocenters. The van der Waals surface area contributed by atoms with Crippen LogP contribution >= 0.6 is 0 Å². The second kappa shape index (κ2) is 4.74. The van der Waals surface area contributed by atoms with Gasteiger partial charge in [-0.1, -0.05) is 0 Å². The number of nitrogens with two attached hydrogens (primary N) is 1.